The number of nitrogens with zero attached hydrogens (tertiary/aromatic N) is 2. The first-order valence-corrected chi connectivity index (χ1v) is 10.2. The lowest BCUT2D eigenvalue weighted by Gasteiger charge is -2.48. The van der Waals surface area contributed by atoms with Crippen molar-refractivity contribution in [1.82, 2.24) is 4.90 Å². The van der Waals surface area contributed by atoms with E-state index in [0.717, 1.165) is 19.0 Å². The molecule has 24 heavy (non-hydrogen) atoms. The molecule has 2 nitrogen and oxygen atoms in total. The summed E-state index contributed by atoms with van der Waals surface area (Å²) < 4.78 is 0. The molecular weight excluding hydrogens is 292 g/mol. The molecule has 1 saturated heterocycles. The Labute approximate surface area is 149 Å². The summed E-state index contributed by atoms with van der Waals surface area (Å²) in [5.41, 5.74) is 3.45. The summed E-state index contributed by atoms with van der Waals surface area (Å²) in [6, 6.07) is 9.69. The van der Waals surface area contributed by atoms with Gasteiger partial charge in [0.1, 0.15) is 0 Å². The minimum absolute atomic E-state index is 0.439. The maximum Gasteiger partial charge on any atom is 0.0366 e. The Morgan fingerprint density at radius 2 is 1.54 bits per heavy atom. The molecule has 0 unspecified atom stereocenters. The predicted octanol–water partition coefficient (Wildman–Crippen LogP) is 5.08. The second-order valence-electron chi connectivity index (χ2n) is 8.01. The third kappa shape index (κ3) is 3.49. The van der Waals surface area contributed by atoms with Crippen LogP contribution in [0.3, 0.4) is 0 Å². The van der Waals surface area contributed by atoms with Crippen LogP contribution >= 0.6 is 0 Å². The zero-order valence-corrected chi connectivity index (χ0v) is 16.1. The number of hydrogen-bond donors (Lipinski definition) is 0. The van der Waals surface area contributed by atoms with Crippen LogP contribution < -0.4 is 4.90 Å². The fourth-order valence-electron chi connectivity index (χ4n) is 5.20. The topological polar surface area (TPSA) is 6.48 Å². The van der Waals surface area contributed by atoms with Crippen molar-refractivity contribution in [1.29, 1.82) is 0 Å². The van der Waals surface area contributed by atoms with E-state index in [0.29, 0.717) is 5.41 Å². The van der Waals surface area contributed by atoms with Crippen LogP contribution in [0, 0.1) is 5.92 Å². The molecule has 1 aromatic carbocycles. The van der Waals surface area contributed by atoms with Crippen LogP contribution in [-0.4, -0.2) is 38.1 Å². The van der Waals surface area contributed by atoms with E-state index in [9.17, 15) is 0 Å². The molecule has 1 saturated carbocycles. The Balaban J connectivity index is 1.87. The van der Waals surface area contributed by atoms with Gasteiger partial charge in [-0.2, -0.15) is 0 Å². The molecule has 134 valence electrons. The molecule has 0 bridgehead atoms. The number of piperidine rings is 1. The molecule has 1 aliphatic carbocycles. The van der Waals surface area contributed by atoms with Crippen molar-refractivity contribution in [2.45, 2.75) is 64.2 Å². The Morgan fingerprint density at radius 3 is 2.08 bits per heavy atom. The van der Waals surface area contributed by atoms with E-state index in [1.807, 2.05) is 0 Å². The first-order valence-electron chi connectivity index (χ1n) is 10.2. The summed E-state index contributed by atoms with van der Waals surface area (Å²) in [7, 11) is 2.29. The molecule has 0 amide bonds. The molecule has 1 aromatic rings. The van der Waals surface area contributed by atoms with Crippen molar-refractivity contribution < 1.29 is 0 Å². The largest absolute Gasteiger partial charge is 0.372 e. The van der Waals surface area contributed by atoms with Gasteiger partial charge < -0.3 is 9.80 Å². The molecule has 0 spiro atoms. The minimum Gasteiger partial charge on any atom is -0.372 e. The molecule has 0 N–H and O–H groups in total. The van der Waals surface area contributed by atoms with E-state index in [1.165, 1.54) is 63.7 Å². The fourth-order valence-corrected chi connectivity index (χ4v) is 5.20. The number of likely N-dealkylation sites (tertiary alicyclic amines) is 1. The van der Waals surface area contributed by atoms with Gasteiger partial charge in [0.25, 0.3) is 0 Å². The number of anilines is 1. The van der Waals surface area contributed by atoms with Gasteiger partial charge in [-0.15, -0.1) is 0 Å². The highest BCUT2D eigenvalue weighted by molar-refractivity contribution is 5.49. The summed E-state index contributed by atoms with van der Waals surface area (Å²) in [5.74, 6) is 0.902. The van der Waals surface area contributed by atoms with Gasteiger partial charge in [0.15, 0.2) is 0 Å². The van der Waals surface area contributed by atoms with Gasteiger partial charge in [-0.1, -0.05) is 31.4 Å². The van der Waals surface area contributed by atoms with Gasteiger partial charge >= 0.3 is 0 Å². The van der Waals surface area contributed by atoms with Gasteiger partial charge in [0.05, 0.1) is 0 Å². The van der Waals surface area contributed by atoms with Crippen LogP contribution in [0.5, 0.6) is 0 Å². The van der Waals surface area contributed by atoms with E-state index in [1.54, 1.807) is 5.56 Å². The van der Waals surface area contributed by atoms with E-state index >= 15 is 0 Å². The van der Waals surface area contributed by atoms with Crippen LogP contribution in [0.1, 0.15) is 64.4 Å². The maximum absolute atomic E-state index is 2.52. The molecule has 1 aliphatic heterocycles. The number of benzene rings is 1. The van der Waals surface area contributed by atoms with E-state index in [4.69, 9.17) is 0 Å². The third-order valence-electron chi connectivity index (χ3n) is 6.84. The lowest BCUT2D eigenvalue weighted by Crippen LogP contribution is -2.46. The van der Waals surface area contributed by atoms with Crippen molar-refractivity contribution in [2.24, 2.45) is 5.92 Å². The lowest BCUT2D eigenvalue weighted by molar-refractivity contribution is 0.106. The average Bonchev–Trinajstić information content (AvgIpc) is 2.65. The molecule has 0 aromatic heterocycles. The van der Waals surface area contributed by atoms with E-state index < -0.39 is 0 Å². The first kappa shape index (κ1) is 17.8. The number of rotatable bonds is 5. The Hall–Kier alpha value is -1.02. The Kier molecular flexibility index (Phi) is 5.86. The molecule has 3 rings (SSSR count). The Bertz CT molecular complexity index is 489. The SMILES string of the molecule is CCN(CC)c1ccc(C2(C3CCCCC3)CCN(C)CC2)cc1. The summed E-state index contributed by atoms with van der Waals surface area (Å²) in [6.45, 7) is 9.20. The van der Waals surface area contributed by atoms with Crippen molar-refractivity contribution >= 4 is 5.69 Å². The lowest BCUT2D eigenvalue weighted by atomic mass is 9.60. The van der Waals surface area contributed by atoms with Crippen LogP contribution in [-0.2, 0) is 5.41 Å². The van der Waals surface area contributed by atoms with E-state index in [-0.39, 0.29) is 0 Å². The Morgan fingerprint density at radius 1 is 0.958 bits per heavy atom. The van der Waals surface area contributed by atoms with Crippen LogP contribution in [0.2, 0.25) is 0 Å². The summed E-state index contributed by atoms with van der Waals surface area (Å²) in [4.78, 5) is 4.97. The smallest absolute Gasteiger partial charge is 0.0366 e. The van der Waals surface area contributed by atoms with Crippen LogP contribution in [0.4, 0.5) is 5.69 Å². The molecule has 2 heteroatoms. The summed E-state index contributed by atoms with van der Waals surface area (Å²) >= 11 is 0. The fraction of sp³-hybridized carbons (Fsp3) is 0.727. The average molecular weight is 329 g/mol. The highest BCUT2D eigenvalue weighted by Gasteiger charge is 2.42. The first-order chi connectivity index (χ1) is 11.7. The molecular formula is C22H36N2. The van der Waals surface area contributed by atoms with Crippen molar-refractivity contribution in [3.8, 4) is 0 Å². The van der Waals surface area contributed by atoms with Crippen molar-refractivity contribution in [3.05, 3.63) is 29.8 Å². The molecule has 1 heterocycles. The number of hydrogen-bond acceptors (Lipinski definition) is 2. The van der Waals surface area contributed by atoms with Gasteiger partial charge in [-0.25, -0.2) is 0 Å². The normalized spacial score (nSPS) is 22.5. The van der Waals surface area contributed by atoms with Crippen LogP contribution in [0.15, 0.2) is 24.3 Å². The second-order valence-corrected chi connectivity index (χ2v) is 8.01. The van der Waals surface area contributed by atoms with Gasteiger partial charge in [-0.05, 0) is 83.3 Å². The van der Waals surface area contributed by atoms with Gasteiger partial charge in [0.2, 0.25) is 0 Å². The zero-order chi connectivity index (χ0) is 17.0. The standard InChI is InChI=1S/C22H36N2/c1-4-24(5-2)21-13-11-20(12-14-21)22(15-17-23(3)18-16-22)19-9-7-6-8-10-19/h11-14,19H,4-10,15-18H2,1-3H3. The second kappa shape index (κ2) is 7.91. The third-order valence-corrected chi connectivity index (χ3v) is 6.84. The summed E-state index contributed by atoms with van der Waals surface area (Å²) in [6.07, 6.45) is 9.92. The highest BCUT2D eigenvalue weighted by Crippen LogP contribution is 2.47. The molecule has 0 radical (unpaired) electrons. The van der Waals surface area contributed by atoms with Crippen molar-refractivity contribution in [2.75, 3.05) is 38.1 Å². The molecule has 0 atom stereocenters. The summed E-state index contributed by atoms with van der Waals surface area (Å²) in [5, 5.41) is 0. The van der Waals surface area contributed by atoms with Gasteiger partial charge in [0, 0.05) is 24.2 Å². The molecule has 2 fully saturated rings. The van der Waals surface area contributed by atoms with Crippen LogP contribution in [0.25, 0.3) is 0 Å². The van der Waals surface area contributed by atoms with E-state index in [2.05, 4.69) is 55.0 Å². The predicted molar refractivity (Wildman–Crippen MR) is 105 cm³/mol. The molecule has 2 aliphatic rings. The maximum atomic E-state index is 2.52. The van der Waals surface area contributed by atoms with Gasteiger partial charge in [-0.3, -0.25) is 0 Å². The minimum atomic E-state index is 0.439. The van der Waals surface area contributed by atoms with Crippen molar-refractivity contribution in [3.63, 3.8) is 0 Å². The monoisotopic (exact) mass is 328 g/mol. The zero-order valence-electron chi connectivity index (χ0n) is 16.1. The highest BCUT2D eigenvalue weighted by atomic mass is 15.1. The quantitative estimate of drug-likeness (QED) is 0.744.